The first-order chi connectivity index (χ1) is 8.81. The maximum Gasteiger partial charge on any atom is 0.332 e. The summed E-state index contributed by atoms with van der Waals surface area (Å²) < 4.78 is 0. The van der Waals surface area contributed by atoms with Gasteiger partial charge in [-0.1, -0.05) is 0 Å². The number of carboxylic acid groups (broad SMARTS) is 1. The summed E-state index contributed by atoms with van der Waals surface area (Å²) in [6, 6.07) is 0. The van der Waals surface area contributed by atoms with Gasteiger partial charge in [0.2, 0.25) is 0 Å². The zero-order chi connectivity index (χ0) is 14.6. The van der Waals surface area contributed by atoms with Crippen molar-refractivity contribution < 1.29 is 24.3 Å². The van der Waals surface area contributed by atoms with Gasteiger partial charge in [0.1, 0.15) is 0 Å². The number of nitrogens with one attached hydrogen (secondary N) is 2. The average molecular weight is 264 g/mol. The van der Waals surface area contributed by atoms with Crippen molar-refractivity contribution in [3.63, 3.8) is 0 Å². The van der Waals surface area contributed by atoms with Gasteiger partial charge in [0.15, 0.2) is 0 Å². The number of hydrogen-bond acceptors (Lipinski definition) is 4. The largest absolute Gasteiger partial charge is 0.478 e. The lowest BCUT2D eigenvalue weighted by atomic mass is 10.1. The summed E-state index contributed by atoms with van der Waals surface area (Å²) in [6.45, 7) is 2.77. The van der Waals surface area contributed by atoms with Gasteiger partial charge in [-0.05, 0) is 19.9 Å². The molecule has 7 nitrogen and oxygen atoms in total. The first kappa shape index (κ1) is 14.4. The lowest BCUT2D eigenvalue weighted by Gasteiger charge is -2.01. The van der Waals surface area contributed by atoms with E-state index >= 15 is 0 Å². The summed E-state index contributed by atoms with van der Waals surface area (Å²) in [5.41, 5.74) is 0.219. The zero-order valence-electron chi connectivity index (χ0n) is 10.3. The van der Waals surface area contributed by atoms with Crippen LogP contribution in [0.4, 0.5) is 0 Å². The molecule has 100 valence electrons. The van der Waals surface area contributed by atoms with E-state index in [4.69, 9.17) is 5.11 Å². The van der Waals surface area contributed by atoms with Crippen molar-refractivity contribution in [2.75, 3.05) is 0 Å². The van der Waals surface area contributed by atoms with Gasteiger partial charge in [-0.2, -0.15) is 0 Å². The highest BCUT2D eigenvalue weighted by Crippen LogP contribution is 2.07. The van der Waals surface area contributed by atoms with Crippen LogP contribution in [0.1, 0.15) is 13.8 Å². The molecule has 1 heterocycles. The highest BCUT2D eigenvalue weighted by atomic mass is 16.4. The lowest BCUT2D eigenvalue weighted by Crippen LogP contribution is -2.22. The van der Waals surface area contributed by atoms with Crippen molar-refractivity contribution in [2.45, 2.75) is 13.8 Å². The molecule has 1 rings (SSSR count). The minimum absolute atomic E-state index is 0.0332. The van der Waals surface area contributed by atoms with Crippen LogP contribution in [0.25, 0.3) is 0 Å². The van der Waals surface area contributed by atoms with Crippen molar-refractivity contribution in [3.8, 4) is 0 Å². The predicted octanol–water partition coefficient (Wildman–Crippen LogP) is -0.380. The van der Waals surface area contributed by atoms with Gasteiger partial charge in [-0.3, -0.25) is 19.7 Å². The fourth-order valence-electron chi connectivity index (χ4n) is 1.18. The fourth-order valence-corrected chi connectivity index (χ4v) is 1.18. The molecule has 0 spiro atoms. The highest BCUT2D eigenvalue weighted by Gasteiger charge is 2.19. The SMILES string of the molecule is CC(=CNC(=O)C(C)=CC1=CC(=O)NC1=O)C(=O)O. The van der Waals surface area contributed by atoms with Gasteiger partial charge in [0, 0.05) is 29.0 Å². The number of amides is 3. The lowest BCUT2D eigenvalue weighted by molar-refractivity contribution is -0.132. The van der Waals surface area contributed by atoms with Crippen molar-refractivity contribution in [3.05, 3.63) is 35.1 Å². The molecule has 0 aromatic carbocycles. The third kappa shape index (κ3) is 3.91. The van der Waals surface area contributed by atoms with E-state index in [0.717, 1.165) is 12.3 Å². The molecule has 0 saturated carbocycles. The third-order valence-corrected chi connectivity index (χ3v) is 2.27. The van der Waals surface area contributed by atoms with Crippen molar-refractivity contribution in [1.82, 2.24) is 10.6 Å². The minimum Gasteiger partial charge on any atom is -0.478 e. The molecule has 0 aromatic rings. The minimum atomic E-state index is -1.15. The molecule has 0 saturated heterocycles. The standard InChI is InChI=1S/C12H12N2O5/c1-6(3-8-4-9(15)14-11(8)17)10(16)13-5-7(2)12(18)19/h3-5H,1-2H3,(H,13,16)(H,18,19)(H,14,15,17). The molecule has 0 unspecified atom stereocenters. The van der Waals surface area contributed by atoms with E-state index in [0.29, 0.717) is 0 Å². The van der Waals surface area contributed by atoms with E-state index in [1.807, 2.05) is 5.32 Å². The smallest absolute Gasteiger partial charge is 0.332 e. The number of hydrogen-bond donors (Lipinski definition) is 3. The Morgan fingerprint density at radius 3 is 2.37 bits per heavy atom. The topological polar surface area (TPSA) is 113 Å². The molecule has 3 N–H and O–H groups in total. The summed E-state index contributed by atoms with van der Waals surface area (Å²) in [6.07, 6.45) is 3.38. The van der Waals surface area contributed by atoms with E-state index in [1.54, 1.807) is 0 Å². The van der Waals surface area contributed by atoms with Crippen LogP contribution in [0, 0.1) is 0 Å². The van der Waals surface area contributed by atoms with Gasteiger partial charge < -0.3 is 10.4 Å². The van der Waals surface area contributed by atoms with Crippen LogP contribution in [0.3, 0.4) is 0 Å². The molecule has 0 aliphatic carbocycles. The average Bonchev–Trinajstić information content (AvgIpc) is 2.63. The van der Waals surface area contributed by atoms with Crippen LogP contribution < -0.4 is 10.6 Å². The number of carbonyl (C=O) groups is 4. The molecule has 19 heavy (non-hydrogen) atoms. The Kier molecular flexibility index (Phi) is 4.36. The molecule has 0 atom stereocenters. The monoisotopic (exact) mass is 264 g/mol. The second-order valence-corrected chi connectivity index (χ2v) is 3.85. The van der Waals surface area contributed by atoms with Gasteiger partial charge >= 0.3 is 5.97 Å². The van der Waals surface area contributed by atoms with Gasteiger partial charge in [0.05, 0.1) is 0 Å². The van der Waals surface area contributed by atoms with Crippen LogP contribution >= 0.6 is 0 Å². The number of imide groups is 1. The van der Waals surface area contributed by atoms with E-state index in [2.05, 4.69) is 5.32 Å². The summed E-state index contributed by atoms with van der Waals surface area (Å²) in [5, 5.41) is 12.9. The summed E-state index contributed by atoms with van der Waals surface area (Å²) in [7, 11) is 0. The summed E-state index contributed by atoms with van der Waals surface area (Å²) in [4.78, 5) is 44.2. The van der Waals surface area contributed by atoms with Crippen LogP contribution in [-0.4, -0.2) is 28.8 Å². The maximum absolute atomic E-state index is 11.6. The predicted molar refractivity (Wildman–Crippen MR) is 64.5 cm³/mol. The van der Waals surface area contributed by atoms with E-state index in [1.165, 1.54) is 19.9 Å². The van der Waals surface area contributed by atoms with Gasteiger partial charge in [-0.15, -0.1) is 0 Å². The maximum atomic E-state index is 11.6. The van der Waals surface area contributed by atoms with Crippen LogP contribution in [0.5, 0.6) is 0 Å². The van der Waals surface area contributed by atoms with Crippen molar-refractivity contribution in [1.29, 1.82) is 0 Å². The molecule has 1 aliphatic rings. The molecule has 0 radical (unpaired) electrons. The number of rotatable bonds is 4. The molecule has 7 heteroatoms. The summed E-state index contributed by atoms with van der Waals surface area (Å²) >= 11 is 0. The molecule has 1 aliphatic heterocycles. The highest BCUT2D eigenvalue weighted by molar-refractivity contribution is 6.18. The molecule has 3 amide bonds. The number of carbonyl (C=O) groups excluding carboxylic acids is 3. The molecule has 0 fully saturated rings. The Balaban J connectivity index is 2.75. The van der Waals surface area contributed by atoms with E-state index in [-0.39, 0.29) is 16.7 Å². The molecular weight excluding hydrogens is 252 g/mol. The van der Waals surface area contributed by atoms with Crippen molar-refractivity contribution >= 4 is 23.7 Å². The van der Waals surface area contributed by atoms with Crippen molar-refractivity contribution in [2.24, 2.45) is 0 Å². The Bertz CT molecular complexity index is 554. The summed E-state index contributed by atoms with van der Waals surface area (Å²) in [5.74, 6) is -2.82. The Hall–Kier alpha value is -2.70. The first-order valence-electron chi connectivity index (χ1n) is 5.27. The second-order valence-electron chi connectivity index (χ2n) is 3.85. The quantitative estimate of drug-likeness (QED) is 0.473. The van der Waals surface area contributed by atoms with Crippen LogP contribution in [0.15, 0.2) is 35.1 Å². The van der Waals surface area contributed by atoms with Crippen LogP contribution in [-0.2, 0) is 19.2 Å². The Morgan fingerprint density at radius 1 is 1.26 bits per heavy atom. The molecular formula is C12H12N2O5. The molecule has 0 aromatic heterocycles. The second kappa shape index (κ2) is 5.76. The number of aliphatic carboxylic acids is 1. The Labute approximate surface area is 108 Å². The fraction of sp³-hybridized carbons (Fsp3) is 0.167. The van der Waals surface area contributed by atoms with E-state index in [9.17, 15) is 19.2 Å². The Morgan fingerprint density at radius 2 is 1.89 bits per heavy atom. The first-order valence-corrected chi connectivity index (χ1v) is 5.27. The third-order valence-electron chi connectivity index (χ3n) is 2.27. The zero-order valence-corrected chi connectivity index (χ0v) is 10.3. The van der Waals surface area contributed by atoms with E-state index < -0.39 is 23.7 Å². The van der Waals surface area contributed by atoms with Crippen LogP contribution in [0.2, 0.25) is 0 Å². The normalized spacial score (nSPS) is 16.0. The van der Waals surface area contributed by atoms with Gasteiger partial charge in [-0.25, -0.2) is 4.79 Å². The number of carboxylic acids is 1. The van der Waals surface area contributed by atoms with Gasteiger partial charge in [0.25, 0.3) is 17.7 Å². The molecule has 0 bridgehead atoms.